The molecule has 1 aromatic heterocycles. The molecule has 0 amide bonds. The second kappa shape index (κ2) is 9.81. The van der Waals surface area contributed by atoms with Gasteiger partial charge in [0.15, 0.2) is 0 Å². The van der Waals surface area contributed by atoms with Crippen molar-refractivity contribution in [3.8, 4) is 22.3 Å². The van der Waals surface area contributed by atoms with E-state index in [9.17, 15) is 0 Å². The Morgan fingerprint density at radius 3 is 2.00 bits per heavy atom. The van der Waals surface area contributed by atoms with Gasteiger partial charge < -0.3 is 9.32 Å². The van der Waals surface area contributed by atoms with Gasteiger partial charge in [0, 0.05) is 39.3 Å². The van der Waals surface area contributed by atoms with E-state index in [4.69, 9.17) is 4.42 Å². The first kappa shape index (κ1) is 23.3. The van der Waals surface area contributed by atoms with Gasteiger partial charge in [0.25, 0.3) is 0 Å². The van der Waals surface area contributed by atoms with Gasteiger partial charge in [-0.15, -0.1) is 0 Å². The average molecular weight is 504 g/mol. The molecule has 1 aliphatic rings. The van der Waals surface area contributed by atoms with Crippen LogP contribution in [0, 0.1) is 5.92 Å². The number of furan rings is 1. The van der Waals surface area contributed by atoms with Crippen molar-refractivity contribution >= 4 is 33.3 Å². The minimum Gasteiger partial charge on any atom is -0.455 e. The highest BCUT2D eigenvalue weighted by atomic mass is 16.3. The summed E-state index contributed by atoms with van der Waals surface area (Å²) >= 11 is 0. The number of hydrogen-bond acceptors (Lipinski definition) is 2. The number of fused-ring (bicyclic) bond motifs is 3. The molecule has 2 nitrogen and oxygen atoms in total. The molecule has 1 atom stereocenters. The van der Waals surface area contributed by atoms with Crippen LogP contribution >= 0.6 is 0 Å². The molecule has 39 heavy (non-hydrogen) atoms. The van der Waals surface area contributed by atoms with E-state index in [0.717, 1.165) is 50.9 Å². The zero-order valence-electron chi connectivity index (χ0n) is 21.9. The van der Waals surface area contributed by atoms with Crippen molar-refractivity contribution in [3.05, 3.63) is 145 Å². The fraction of sp³-hybridized carbons (Fsp3) is 0.0811. The molecule has 1 heterocycles. The van der Waals surface area contributed by atoms with E-state index in [-0.39, 0.29) is 0 Å². The first-order chi connectivity index (χ1) is 19.3. The predicted octanol–water partition coefficient (Wildman–Crippen LogP) is 10.5. The van der Waals surface area contributed by atoms with Crippen molar-refractivity contribution in [2.75, 3.05) is 4.90 Å². The number of anilines is 2. The molecule has 0 fully saturated rings. The van der Waals surface area contributed by atoms with Gasteiger partial charge in [-0.1, -0.05) is 110 Å². The van der Waals surface area contributed by atoms with Gasteiger partial charge in [-0.3, -0.25) is 0 Å². The number of para-hydroxylation sites is 2. The molecule has 7 rings (SSSR count). The van der Waals surface area contributed by atoms with Gasteiger partial charge in [0.1, 0.15) is 11.2 Å². The minimum absolute atomic E-state index is 0.424. The van der Waals surface area contributed by atoms with Crippen LogP contribution in [-0.2, 0) is 0 Å². The van der Waals surface area contributed by atoms with Crippen LogP contribution in [-0.4, -0.2) is 0 Å². The first-order valence-electron chi connectivity index (χ1n) is 13.6. The summed E-state index contributed by atoms with van der Waals surface area (Å²) in [4.78, 5) is 2.40. The number of benzene rings is 5. The van der Waals surface area contributed by atoms with Crippen LogP contribution in [0.4, 0.5) is 11.4 Å². The fourth-order valence-corrected chi connectivity index (χ4v) is 5.67. The van der Waals surface area contributed by atoms with Gasteiger partial charge in [0.05, 0.1) is 0 Å². The largest absolute Gasteiger partial charge is 0.455 e. The molecule has 0 bridgehead atoms. The molecule has 0 saturated carbocycles. The lowest BCUT2D eigenvalue weighted by Crippen LogP contribution is -2.22. The minimum atomic E-state index is 0.424. The quantitative estimate of drug-likeness (QED) is 0.233. The Balaban J connectivity index is 1.29. The van der Waals surface area contributed by atoms with Crippen molar-refractivity contribution < 1.29 is 4.42 Å². The molecular formula is C37H29NO. The molecule has 6 aromatic rings. The summed E-state index contributed by atoms with van der Waals surface area (Å²) in [5, 5.41) is 2.31. The highest BCUT2D eigenvalue weighted by molar-refractivity contribution is 6.09. The van der Waals surface area contributed by atoms with Crippen molar-refractivity contribution in [1.82, 2.24) is 0 Å². The summed E-state index contributed by atoms with van der Waals surface area (Å²) in [6.45, 7) is 2.30. The summed E-state index contributed by atoms with van der Waals surface area (Å²) < 4.78 is 6.31. The third-order valence-electron chi connectivity index (χ3n) is 7.73. The standard InChI is InChI=1S/C37H29NO/c1-26-10-5-7-16-35(26)38(30-22-18-28(19-23-30)27-11-3-2-4-12-27)31-24-20-29(21-25-31)32-14-9-15-34-33-13-6-8-17-36(33)39-37(32)34/h2-9,11-26H,10H2,1H3/t26-/m1/s1. The van der Waals surface area contributed by atoms with Crippen LogP contribution in [0.2, 0.25) is 0 Å². The highest BCUT2D eigenvalue weighted by Gasteiger charge is 2.21. The molecular weight excluding hydrogens is 474 g/mol. The molecule has 1 aliphatic carbocycles. The van der Waals surface area contributed by atoms with Crippen LogP contribution in [0.5, 0.6) is 0 Å². The normalized spacial score (nSPS) is 15.0. The smallest absolute Gasteiger partial charge is 0.143 e. The van der Waals surface area contributed by atoms with E-state index in [0.29, 0.717) is 5.92 Å². The first-order valence-corrected chi connectivity index (χ1v) is 13.6. The molecule has 0 saturated heterocycles. The van der Waals surface area contributed by atoms with Crippen molar-refractivity contribution in [2.24, 2.45) is 5.92 Å². The van der Waals surface area contributed by atoms with Crippen molar-refractivity contribution in [2.45, 2.75) is 13.3 Å². The SMILES string of the molecule is C[C@@H]1CC=CC=C1N(c1ccc(-c2ccccc2)cc1)c1ccc(-c2cccc3c2oc2ccccc23)cc1. The van der Waals surface area contributed by atoms with Crippen LogP contribution in [0.3, 0.4) is 0 Å². The lowest BCUT2D eigenvalue weighted by atomic mass is 9.96. The van der Waals surface area contributed by atoms with Gasteiger partial charge in [-0.2, -0.15) is 0 Å². The Morgan fingerprint density at radius 2 is 1.26 bits per heavy atom. The topological polar surface area (TPSA) is 16.4 Å². The molecule has 2 heteroatoms. The molecule has 0 spiro atoms. The number of nitrogens with zero attached hydrogens (tertiary/aromatic N) is 1. The third kappa shape index (κ3) is 4.24. The summed E-state index contributed by atoms with van der Waals surface area (Å²) in [5.74, 6) is 0.424. The third-order valence-corrected chi connectivity index (χ3v) is 7.73. The zero-order valence-corrected chi connectivity index (χ0v) is 21.9. The predicted molar refractivity (Wildman–Crippen MR) is 164 cm³/mol. The number of hydrogen-bond donors (Lipinski definition) is 0. The van der Waals surface area contributed by atoms with Gasteiger partial charge >= 0.3 is 0 Å². The summed E-state index contributed by atoms with van der Waals surface area (Å²) in [5.41, 5.74) is 10.2. The van der Waals surface area contributed by atoms with E-state index in [2.05, 4.69) is 139 Å². The molecule has 0 radical (unpaired) electrons. The van der Waals surface area contributed by atoms with Crippen LogP contribution < -0.4 is 4.90 Å². The average Bonchev–Trinajstić information content (AvgIpc) is 3.39. The monoisotopic (exact) mass is 503 g/mol. The number of rotatable bonds is 5. The summed E-state index contributed by atoms with van der Waals surface area (Å²) in [7, 11) is 0. The Bertz CT molecular complexity index is 1820. The highest BCUT2D eigenvalue weighted by Crippen LogP contribution is 2.39. The maximum absolute atomic E-state index is 6.31. The lowest BCUT2D eigenvalue weighted by molar-refractivity contribution is 0.670. The Morgan fingerprint density at radius 1 is 0.615 bits per heavy atom. The maximum atomic E-state index is 6.31. The van der Waals surface area contributed by atoms with E-state index in [1.807, 2.05) is 12.1 Å². The Kier molecular flexibility index (Phi) is 5.86. The van der Waals surface area contributed by atoms with Crippen molar-refractivity contribution in [3.63, 3.8) is 0 Å². The lowest BCUT2D eigenvalue weighted by Gasteiger charge is -2.32. The molecule has 5 aromatic carbocycles. The van der Waals surface area contributed by atoms with Gasteiger partial charge in [-0.25, -0.2) is 0 Å². The van der Waals surface area contributed by atoms with E-state index in [1.54, 1.807) is 0 Å². The van der Waals surface area contributed by atoms with Crippen molar-refractivity contribution in [1.29, 1.82) is 0 Å². The zero-order chi connectivity index (χ0) is 26.2. The molecule has 0 unspecified atom stereocenters. The molecule has 0 N–H and O–H groups in total. The van der Waals surface area contributed by atoms with E-state index >= 15 is 0 Å². The molecule has 0 aliphatic heterocycles. The van der Waals surface area contributed by atoms with Crippen LogP contribution in [0.15, 0.2) is 150 Å². The van der Waals surface area contributed by atoms with Crippen LogP contribution in [0.25, 0.3) is 44.2 Å². The van der Waals surface area contributed by atoms with E-state index < -0.39 is 0 Å². The molecule has 188 valence electrons. The summed E-state index contributed by atoms with van der Waals surface area (Å²) in [6.07, 6.45) is 7.72. The van der Waals surface area contributed by atoms with Crippen LogP contribution in [0.1, 0.15) is 13.3 Å². The van der Waals surface area contributed by atoms with Gasteiger partial charge in [-0.05, 0) is 59.5 Å². The number of allylic oxidation sites excluding steroid dienone is 4. The summed E-state index contributed by atoms with van der Waals surface area (Å²) in [6, 6.07) is 43.0. The second-order valence-electron chi connectivity index (χ2n) is 10.2. The Labute approximate surface area is 229 Å². The maximum Gasteiger partial charge on any atom is 0.143 e. The Hall–Kier alpha value is -4.82. The second-order valence-corrected chi connectivity index (χ2v) is 10.2. The van der Waals surface area contributed by atoms with Gasteiger partial charge in [0.2, 0.25) is 0 Å². The van der Waals surface area contributed by atoms with E-state index in [1.165, 1.54) is 16.8 Å². The fourth-order valence-electron chi connectivity index (χ4n) is 5.67.